The summed E-state index contributed by atoms with van der Waals surface area (Å²) in [5.41, 5.74) is 1.99. The minimum atomic E-state index is -0.610. The van der Waals surface area contributed by atoms with Gasteiger partial charge in [-0.1, -0.05) is 18.2 Å². The maximum Gasteiger partial charge on any atom is 0.222 e. The first-order chi connectivity index (χ1) is 13.5. The summed E-state index contributed by atoms with van der Waals surface area (Å²) in [6.45, 7) is 8.63. The van der Waals surface area contributed by atoms with Gasteiger partial charge < -0.3 is 14.9 Å². The molecule has 154 valence electrons. The molecular weight excluding hydrogens is 350 g/mol. The van der Waals surface area contributed by atoms with E-state index < -0.39 is 5.60 Å². The molecule has 0 spiro atoms. The highest BCUT2D eigenvalue weighted by Gasteiger charge is 2.44. The van der Waals surface area contributed by atoms with E-state index in [1.54, 1.807) is 0 Å². The number of β-amino-alcohol motifs (C(OH)–C–C–N with tert-alkyl or cyclic N) is 1. The topological polar surface area (TPSA) is 47.0 Å². The van der Waals surface area contributed by atoms with Crippen molar-refractivity contribution in [1.82, 2.24) is 9.80 Å². The Morgan fingerprint density at radius 3 is 2.57 bits per heavy atom. The number of carbonyl (C=O) groups is 1. The van der Waals surface area contributed by atoms with Crippen molar-refractivity contribution in [3.8, 4) is 0 Å². The number of hydrogen-bond acceptors (Lipinski definition) is 4. The summed E-state index contributed by atoms with van der Waals surface area (Å²) in [7, 11) is 0. The summed E-state index contributed by atoms with van der Waals surface area (Å²) in [5.74, 6) is 0.321. The van der Waals surface area contributed by atoms with Crippen LogP contribution in [-0.2, 0) is 4.79 Å². The monoisotopic (exact) mass is 385 g/mol. The average Bonchev–Trinajstić information content (AvgIpc) is 2.97. The van der Waals surface area contributed by atoms with E-state index >= 15 is 0 Å². The van der Waals surface area contributed by atoms with Gasteiger partial charge in [-0.2, -0.15) is 0 Å². The molecule has 0 aromatic heterocycles. The van der Waals surface area contributed by atoms with Crippen molar-refractivity contribution < 1.29 is 9.90 Å². The van der Waals surface area contributed by atoms with Crippen LogP contribution in [0.1, 0.15) is 51.0 Å². The fourth-order valence-electron chi connectivity index (χ4n) is 5.65. The summed E-state index contributed by atoms with van der Waals surface area (Å²) in [4.78, 5) is 19.4. The highest BCUT2D eigenvalue weighted by atomic mass is 16.3. The van der Waals surface area contributed by atoms with Gasteiger partial charge in [-0.05, 0) is 57.6 Å². The third-order valence-electron chi connectivity index (χ3n) is 7.22. The van der Waals surface area contributed by atoms with E-state index in [2.05, 4.69) is 52.8 Å². The van der Waals surface area contributed by atoms with Crippen molar-refractivity contribution in [2.45, 2.75) is 70.1 Å². The van der Waals surface area contributed by atoms with Crippen LogP contribution in [0, 0.1) is 6.92 Å². The van der Waals surface area contributed by atoms with E-state index in [0.717, 1.165) is 64.8 Å². The van der Waals surface area contributed by atoms with Crippen LogP contribution in [0.4, 0.5) is 5.69 Å². The molecule has 3 fully saturated rings. The largest absolute Gasteiger partial charge is 0.388 e. The Hall–Kier alpha value is -1.59. The number of amides is 1. The van der Waals surface area contributed by atoms with Crippen LogP contribution < -0.4 is 4.90 Å². The summed E-state index contributed by atoms with van der Waals surface area (Å²) < 4.78 is 0. The number of carbonyl (C=O) groups excluding carboxylic acids is 1. The summed E-state index contributed by atoms with van der Waals surface area (Å²) in [6, 6.07) is 9.29. The average molecular weight is 386 g/mol. The fourth-order valence-corrected chi connectivity index (χ4v) is 5.65. The van der Waals surface area contributed by atoms with Crippen LogP contribution in [0.5, 0.6) is 0 Å². The standard InChI is InChI=1S/C23H35N3O2/c1-3-26-21-11-14-25(20(21)9-6-10-22(26)27)17-23(28)12-15-24(16-13-23)19-8-5-4-7-18(19)2/h4-5,7-8,20-21,28H,3,6,9-17H2,1-2H3/t20-,21-/m0/s1. The zero-order valence-electron chi connectivity index (χ0n) is 17.4. The second-order valence-corrected chi connectivity index (χ2v) is 8.96. The van der Waals surface area contributed by atoms with E-state index in [1.165, 1.54) is 11.3 Å². The molecule has 0 bridgehead atoms. The highest BCUT2D eigenvalue weighted by Crippen LogP contribution is 2.34. The smallest absolute Gasteiger partial charge is 0.222 e. The molecule has 5 nitrogen and oxygen atoms in total. The zero-order valence-corrected chi connectivity index (χ0v) is 17.4. The number of likely N-dealkylation sites (tertiary alicyclic amines) is 2. The van der Waals surface area contributed by atoms with Crippen LogP contribution in [0.3, 0.4) is 0 Å². The molecule has 1 aromatic carbocycles. The number of piperidine rings is 1. The second kappa shape index (κ2) is 8.03. The third kappa shape index (κ3) is 3.79. The molecule has 3 heterocycles. The molecule has 5 heteroatoms. The Bertz CT molecular complexity index is 699. The van der Waals surface area contributed by atoms with E-state index in [-0.39, 0.29) is 0 Å². The van der Waals surface area contributed by atoms with E-state index in [1.807, 2.05) is 0 Å². The molecule has 1 aromatic rings. The normalized spacial score (nSPS) is 28.3. The van der Waals surface area contributed by atoms with Crippen LogP contribution in [0.25, 0.3) is 0 Å². The number of benzene rings is 1. The number of aryl methyl sites for hydroxylation is 1. The predicted molar refractivity (Wildman–Crippen MR) is 113 cm³/mol. The van der Waals surface area contributed by atoms with Crippen molar-refractivity contribution in [2.24, 2.45) is 0 Å². The van der Waals surface area contributed by atoms with Crippen molar-refractivity contribution in [3.05, 3.63) is 29.8 Å². The molecule has 1 N–H and O–H groups in total. The SMILES string of the molecule is CCN1C(=O)CCC[C@H]2[C@@H]1CCN2CC1(O)CCN(c2ccccc2C)CC1. The number of aliphatic hydroxyl groups is 1. The van der Waals surface area contributed by atoms with Gasteiger partial charge in [0.2, 0.25) is 5.91 Å². The first-order valence-corrected chi connectivity index (χ1v) is 11.1. The Morgan fingerprint density at radius 2 is 1.86 bits per heavy atom. The van der Waals surface area contributed by atoms with Gasteiger partial charge in [-0.3, -0.25) is 9.69 Å². The Morgan fingerprint density at radius 1 is 1.11 bits per heavy atom. The van der Waals surface area contributed by atoms with Gasteiger partial charge in [-0.15, -0.1) is 0 Å². The number of fused-ring (bicyclic) bond motifs is 1. The Balaban J connectivity index is 1.39. The molecule has 0 aliphatic carbocycles. The Kier molecular flexibility index (Phi) is 5.66. The number of anilines is 1. The second-order valence-electron chi connectivity index (χ2n) is 8.96. The van der Waals surface area contributed by atoms with E-state index in [9.17, 15) is 9.90 Å². The molecule has 2 atom stereocenters. The van der Waals surface area contributed by atoms with Gasteiger partial charge in [0, 0.05) is 56.9 Å². The van der Waals surface area contributed by atoms with Gasteiger partial charge in [-0.25, -0.2) is 0 Å². The van der Waals surface area contributed by atoms with Crippen molar-refractivity contribution in [2.75, 3.05) is 37.6 Å². The van der Waals surface area contributed by atoms with Crippen molar-refractivity contribution in [3.63, 3.8) is 0 Å². The quantitative estimate of drug-likeness (QED) is 0.866. The lowest BCUT2D eigenvalue weighted by Crippen LogP contribution is -2.53. The summed E-state index contributed by atoms with van der Waals surface area (Å²) >= 11 is 0. The minimum Gasteiger partial charge on any atom is -0.388 e. The predicted octanol–water partition coefficient (Wildman–Crippen LogP) is 2.80. The van der Waals surface area contributed by atoms with Gasteiger partial charge in [0.25, 0.3) is 0 Å². The zero-order chi connectivity index (χ0) is 19.7. The van der Waals surface area contributed by atoms with Crippen LogP contribution >= 0.6 is 0 Å². The third-order valence-corrected chi connectivity index (χ3v) is 7.22. The Labute approximate surface area is 169 Å². The molecule has 3 saturated heterocycles. The van der Waals surface area contributed by atoms with Crippen molar-refractivity contribution >= 4 is 11.6 Å². The molecule has 1 amide bonds. The van der Waals surface area contributed by atoms with Gasteiger partial charge in [0.15, 0.2) is 0 Å². The molecule has 0 saturated carbocycles. The molecule has 0 radical (unpaired) electrons. The van der Waals surface area contributed by atoms with Crippen LogP contribution in [0.15, 0.2) is 24.3 Å². The lowest BCUT2D eigenvalue weighted by atomic mass is 9.89. The number of hydrogen-bond donors (Lipinski definition) is 1. The molecule has 28 heavy (non-hydrogen) atoms. The highest BCUT2D eigenvalue weighted by molar-refractivity contribution is 5.77. The lowest BCUT2D eigenvalue weighted by molar-refractivity contribution is -0.132. The molecule has 3 aliphatic rings. The first kappa shape index (κ1) is 19.7. The lowest BCUT2D eigenvalue weighted by Gasteiger charge is -2.43. The molecule has 4 rings (SSSR count). The van der Waals surface area contributed by atoms with Gasteiger partial charge in [0.05, 0.1) is 5.60 Å². The van der Waals surface area contributed by atoms with Crippen LogP contribution in [0.2, 0.25) is 0 Å². The molecule has 0 unspecified atom stereocenters. The summed E-state index contributed by atoms with van der Waals surface area (Å²) in [6.07, 6.45) is 5.42. The van der Waals surface area contributed by atoms with Gasteiger partial charge >= 0.3 is 0 Å². The van der Waals surface area contributed by atoms with Crippen LogP contribution in [-0.4, -0.2) is 71.2 Å². The van der Waals surface area contributed by atoms with E-state index in [0.29, 0.717) is 24.4 Å². The van der Waals surface area contributed by atoms with Gasteiger partial charge in [0.1, 0.15) is 0 Å². The number of para-hydroxylation sites is 1. The number of likely N-dealkylation sites (N-methyl/N-ethyl adjacent to an activating group) is 1. The fraction of sp³-hybridized carbons (Fsp3) is 0.696. The number of rotatable bonds is 4. The maximum absolute atomic E-state index is 12.4. The maximum atomic E-state index is 12.4. The van der Waals surface area contributed by atoms with E-state index in [4.69, 9.17) is 0 Å². The molecule has 3 aliphatic heterocycles. The summed E-state index contributed by atoms with van der Waals surface area (Å²) in [5, 5.41) is 11.4. The first-order valence-electron chi connectivity index (χ1n) is 11.1. The number of nitrogens with zero attached hydrogens (tertiary/aromatic N) is 3. The molecular formula is C23H35N3O2. The minimum absolute atomic E-state index is 0.321. The van der Waals surface area contributed by atoms with Crippen molar-refractivity contribution in [1.29, 1.82) is 0 Å².